The smallest absolute Gasteiger partial charge is 0.137 e. The quantitative estimate of drug-likeness (QED) is 0.167. The fourth-order valence-corrected chi connectivity index (χ4v) is 10.1. The molecule has 0 N–H and O–H groups in total. The molecule has 1 aliphatic rings. The molecule has 0 bridgehead atoms. The van der Waals surface area contributed by atoms with Crippen molar-refractivity contribution in [3.05, 3.63) is 223 Å². The zero-order chi connectivity index (χ0) is 40.7. The van der Waals surface area contributed by atoms with E-state index in [1.165, 1.54) is 60.5 Å². The summed E-state index contributed by atoms with van der Waals surface area (Å²) in [6.07, 6.45) is 0. The molecule has 11 aromatic rings. The Hall–Kier alpha value is -7.68. The summed E-state index contributed by atoms with van der Waals surface area (Å²) in [4.78, 5) is 2.50. The van der Waals surface area contributed by atoms with Gasteiger partial charge in [-0.1, -0.05) is 178 Å². The molecule has 0 fully saturated rings. The van der Waals surface area contributed by atoms with Crippen LogP contribution in [0, 0.1) is 0 Å². The van der Waals surface area contributed by atoms with Crippen LogP contribution in [-0.2, 0) is 5.41 Å². The summed E-state index contributed by atoms with van der Waals surface area (Å²) in [6.45, 7) is 4.73. The van der Waals surface area contributed by atoms with E-state index in [0.717, 1.165) is 55.7 Å². The minimum atomic E-state index is -0.185. The second-order valence-electron chi connectivity index (χ2n) is 16.9. The summed E-state index contributed by atoms with van der Waals surface area (Å²) in [5.74, 6) is 0. The SMILES string of the molecule is CC1(C)c2ccccc2-c2ccc(N(c3ccc4c(c3)oc3ccccc34)c3c(-c4ccccc4)cc(-c4cccc5ccccc45)cc3-c3cccc4ccccc34)cc21. The van der Waals surface area contributed by atoms with Gasteiger partial charge in [-0.3, -0.25) is 0 Å². The molecule has 0 saturated carbocycles. The number of para-hydroxylation sites is 1. The van der Waals surface area contributed by atoms with Crippen molar-refractivity contribution < 1.29 is 4.42 Å². The van der Waals surface area contributed by atoms with E-state index in [1.807, 2.05) is 6.07 Å². The Morgan fingerprint density at radius 2 is 0.902 bits per heavy atom. The van der Waals surface area contributed by atoms with Crippen molar-refractivity contribution in [2.75, 3.05) is 4.90 Å². The third-order valence-electron chi connectivity index (χ3n) is 13.0. The predicted molar refractivity (Wildman–Crippen MR) is 257 cm³/mol. The molecule has 0 amide bonds. The lowest BCUT2D eigenvalue weighted by Crippen LogP contribution is -2.17. The highest BCUT2D eigenvalue weighted by Crippen LogP contribution is 2.54. The van der Waals surface area contributed by atoms with Crippen molar-refractivity contribution in [2.24, 2.45) is 0 Å². The van der Waals surface area contributed by atoms with Crippen LogP contribution in [0.4, 0.5) is 17.1 Å². The molecule has 1 heterocycles. The summed E-state index contributed by atoms with van der Waals surface area (Å²) in [7, 11) is 0. The first-order chi connectivity index (χ1) is 30.0. The van der Waals surface area contributed by atoms with Crippen LogP contribution in [0.25, 0.3) is 88.0 Å². The van der Waals surface area contributed by atoms with E-state index in [9.17, 15) is 0 Å². The summed E-state index contributed by atoms with van der Waals surface area (Å²) >= 11 is 0. The number of benzene rings is 10. The maximum atomic E-state index is 6.64. The fraction of sp³-hybridized carbons (Fsp3) is 0.0508. The molecule has 61 heavy (non-hydrogen) atoms. The van der Waals surface area contributed by atoms with Gasteiger partial charge in [-0.2, -0.15) is 0 Å². The molecule has 0 unspecified atom stereocenters. The Balaban J connectivity index is 1.22. The molecular formula is C59H41NO. The maximum absolute atomic E-state index is 6.64. The average Bonchev–Trinajstić information content (AvgIpc) is 3.80. The van der Waals surface area contributed by atoms with Crippen LogP contribution in [0.2, 0.25) is 0 Å². The number of hydrogen-bond donors (Lipinski definition) is 0. The zero-order valence-corrected chi connectivity index (χ0v) is 34.1. The van der Waals surface area contributed by atoms with E-state index < -0.39 is 0 Å². The molecule has 0 aliphatic heterocycles. The van der Waals surface area contributed by atoms with Crippen molar-refractivity contribution >= 4 is 60.5 Å². The largest absolute Gasteiger partial charge is 0.456 e. The first kappa shape index (κ1) is 35.3. The van der Waals surface area contributed by atoms with E-state index in [2.05, 4.69) is 225 Å². The van der Waals surface area contributed by atoms with Gasteiger partial charge in [0.1, 0.15) is 11.2 Å². The first-order valence-corrected chi connectivity index (χ1v) is 21.2. The zero-order valence-electron chi connectivity index (χ0n) is 34.1. The summed E-state index contributed by atoms with van der Waals surface area (Å²) in [6, 6.07) is 77.8. The van der Waals surface area contributed by atoms with Crippen LogP contribution in [0.5, 0.6) is 0 Å². The number of anilines is 3. The van der Waals surface area contributed by atoms with Crippen LogP contribution in [0.15, 0.2) is 217 Å². The van der Waals surface area contributed by atoms with E-state index in [1.54, 1.807) is 0 Å². The van der Waals surface area contributed by atoms with Crippen molar-refractivity contribution in [1.82, 2.24) is 0 Å². The van der Waals surface area contributed by atoms with Crippen LogP contribution >= 0.6 is 0 Å². The van der Waals surface area contributed by atoms with E-state index in [4.69, 9.17) is 4.42 Å². The van der Waals surface area contributed by atoms with Gasteiger partial charge in [0, 0.05) is 44.8 Å². The molecule has 2 nitrogen and oxygen atoms in total. The summed E-state index contributed by atoms with van der Waals surface area (Å²) in [5.41, 5.74) is 17.0. The Kier molecular flexibility index (Phi) is 7.92. The molecule has 1 aliphatic carbocycles. The van der Waals surface area contributed by atoms with Crippen molar-refractivity contribution in [3.8, 4) is 44.5 Å². The molecular weight excluding hydrogens is 739 g/mol. The standard InChI is InChI=1S/C59H41NO/c1-59(2)54-28-12-10-24-48(54)49-32-30-42(36-55(49)59)60(43-31-33-51-50-25-11-13-29-56(50)61-57(51)37-43)58-52(40-16-4-3-5-17-40)34-41(46-26-14-20-38-18-6-8-22-44(38)46)35-53(58)47-27-15-21-39-19-7-9-23-45(39)47/h3-37H,1-2H3. The highest BCUT2D eigenvalue weighted by atomic mass is 16.3. The molecule has 288 valence electrons. The van der Waals surface area contributed by atoms with Gasteiger partial charge >= 0.3 is 0 Å². The average molecular weight is 780 g/mol. The topological polar surface area (TPSA) is 16.4 Å². The Morgan fingerprint density at radius 1 is 0.344 bits per heavy atom. The summed E-state index contributed by atoms with van der Waals surface area (Å²) in [5, 5.41) is 7.09. The van der Waals surface area contributed by atoms with Gasteiger partial charge < -0.3 is 9.32 Å². The molecule has 0 radical (unpaired) electrons. The first-order valence-electron chi connectivity index (χ1n) is 21.2. The minimum Gasteiger partial charge on any atom is -0.456 e. The molecule has 1 aromatic heterocycles. The molecule has 12 rings (SSSR count). The van der Waals surface area contributed by atoms with Gasteiger partial charge in [-0.15, -0.1) is 0 Å². The highest BCUT2D eigenvalue weighted by molar-refractivity contribution is 6.10. The lowest BCUT2D eigenvalue weighted by molar-refractivity contribution is 0.660. The van der Waals surface area contributed by atoms with Crippen LogP contribution in [-0.4, -0.2) is 0 Å². The third kappa shape index (κ3) is 5.56. The Morgan fingerprint density at radius 3 is 1.70 bits per heavy atom. The van der Waals surface area contributed by atoms with E-state index in [0.29, 0.717) is 0 Å². The second-order valence-corrected chi connectivity index (χ2v) is 16.9. The van der Waals surface area contributed by atoms with Crippen LogP contribution in [0.3, 0.4) is 0 Å². The van der Waals surface area contributed by atoms with Gasteiger partial charge in [0.2, 0.25) is 0 Å². The molecule has 0 spiro atoms. The number of fused-ring (bicyclic) bond motifs is 8. The van der Waals surface area contributed by atoms with Crippen LogP contribution < -0.4 is 4.90 Å². The number of rotatable bonds is 6. The normalized spacial score (nSPS) is 12.9. The Labute approximate surface area is 355 Å². The minimum absolute atomic E-state index is 0.185. The van der Waals surface area contributed by atoms with Crippen molar-refractivity contribution in [3.63, 3.8) is 0 Å². The lowest BCUT2D eigenvalue weighted by Gasteiger charge is -2.32. The van der Waals surface area contributed by atoms with E-state index in [-0.39, 0.29) is 5.41 Å². The fourth-order valence-electron chi connectivity index (χ4n) is 10.1. The van der Waals surface area contributed by atoms with Gasteiger partial charge in [0.15, 0.2) is 0 Å². The van der Waals surface area contributed by atoms with Gasteiger partial charge in [0.25, 0.3) is 0 Å². The van der Waals surface area contributed by atoms with Gasteiger partial charge in [0.05, 0.1) is 5.69 Å². The third-order valence-corrected chi connectivity index (χ3v) is 13.0. The maximum Gasteiger partial charge on any atom is 0.137 e. The van der Waals surface area contributed by atoms with Crippen LogP contribution in [0.1, 0.15) is 25.0 Å². The van der Waals surface area contributed by atoms with Crippen molar-refractivity contribution in [2.45, 2.75) is 19.3 Å². The van der Waals surface area contributed by atoms with Gasteiger partial charge in [-0.25, -0.2) is 0 Å². The monoisotopic (exact) mass is 779 g/mol. The van der Waals surface area contributed by atoms with Gasteiger partial charge in [-0.05, 0) is 109 Å². The second kappa shape index (κ2) is 13.7. The predicted octanol–water partition coefficient (Wildman–Crippen LogP) is 16.7. The molecule has 0 atom stereocenters. The molecule has 2 heteroatoms. The lowest BCUT2D eigenvalue weighted by atomic mass is 9.82. The van der Waals surface area contributed by atoms with E-state index >= 15 is 0 Å². The molecule has 0 saturated heterocycles. The molecule has 10 aromatic carbocycles. The number of nitrogens with zero attached hydrogens (tertiary/aromatic N) is 1. The number of furan rings is 1. The number of hydrogen-bond acceptors (Lipinski definition) is 2. The summed E-state index contributed by atoms with van der Waals surface area (Å²) < 4.78 is 6.64. The highest BCUT2D eigenvalue weighted by Gasteiger charge is 2.36. The Bertz CT molecular complexity index is 3510. The van der Waals surface area contributed by atoms with Crippen molar-refractivity contribution in [1.29, 1.82) is 0 Å².